The summed E-state index contributed by atoms with van der Waals surface area (Å²) in [6.07, 6.45) is 29.8. The molecule has 202 valence electrons. The van der Waals surface area contributed by atoms with Crippen LogP contribution in [0.1, 0.15) is 122 Å². The van der Waals surface area contributed by atoms with Crippen molar-refractivity contribution in [3.05, 3.63) is 24.3 Å². The zero-order valence-corrected chi connectivity index (χ0v) is 23.8. The number of allylic oxidation sites excluding steroid dienone is 4. The lowest BCUT2D eigenvalue weighted by molar-refractivity contribution is -0.875. The number of aliphatic hydroxyl groups is 1. The molecule has 0 aromatic rings. The third-order valence-corrected chi connectivity index (χ3v) is 7.73. The van der Waals surface area contributed by atoms with Gasteiger partial charge >= 0.3 is 7.60 Å². The largest absolute Gasteiger partial charge is 0.373 e. The van der Waals surface area contributed by atoms with Crippen molar-refractivity contribution in [2.24, 2.45) is 0 Å². The maximum Gasteiger partial charge on any atom is 0.362 e. The molecule has 0 bridgehead atoms. The van der Waals surface area contributed by atoms with Gasteiger partial charge < -0.3 is 19.4 Å². The molecule has 0 aliphatic heterocycles. The molecule has 1 unspecified atom stereocenters. The Bertz CT molecular complexity index is 579. The lowest BCUT2D eigenvalue weighted by Gasteiger charge is -2.35. The summed E-state index contributed by atoms with van der Waals surface area (Å²) in [6.45, 7) is 2.24. The monoisotopic (exact) mass is 502 g/mol. The van der Waals surface area contributed by atoms with Crippen molar-refractivity contribution in [3.8, 4) is 0 Å². The molecule has 3 N–H and O–H groups in total. The van der Waals surface area contributed by atoms with E-state index < -0.39 is 12.9 Å². The van der Waals surface area contributed by atoms with E-state index >= 15 is 0 Å². The molecule has 0 saturated carbocycles. The van der Waals surface area contributed by atoms with Crippen LogP contribution in [-0.2, 0) is 4.57 Å². The minimum Gasteiger partial charge on any atom is -0.373 e. The van der Waals surface area contributed by atoms with Crippen molar-refractivity contribution < 1.29 is 23.9 Å². The SMILES string of the molecule is CC/C=C\CCCCC/C=C\CCCCCCCCCCCCC(O)(C[N+](C)(C)C)P(=O)(O)O. The molecule has 0 amide bonds. The Morgan fingerprint density at radius 3 is 1.38 bits per heavy atom. The summed E-state index contributed by atoms with van der Waals surface area (Å²) < 4.78 is 12.1. The van der Waals surface area contributed by atoms with Gasteiger partial charge in [-0.1, -0.05) is 89.0 Å². The highest BCUT2D eigenvalue weighted by Crippen LogP contribution is 2.52. The third-order valence-electron chi connectivity index (χ3n) is 6.28. The molecule has 0 radical (unpaired) electrons. The number of rotatable bonds is 23. The van der Waals surface area contributed by atoms with Gasteiger partial charge in [-0.05, 0) is 57.8 Å². The van der Waals surface area contributed by atoms with Gasteiger partial charge in [-0.25, -0.2) is 0 Å². The number of hydrogen-bond acceptors (Lipinski definition) is 2. The average Bonchev–Trinajstić information content (AvgIpc) is 2.73. The van der Waals surface area contributed by atoms with Crippen LogP contribution >= 0.6 is 7.60 Å². The molecule has 0 fully saturated rings. The van der Waals surface area contributed by atoms with Crippen molar-refractivity contribution in [2.75, 3.05) is 27.7 Å². The van der Waals surface area contributed by atoms with Gasteiger partial charge in [0.05, 0.1) is 21.1 Å². The number of unbranched alkanes of at least 4 members (excludes halogenated alkanes) is 14. The Hall–Kier alpha value is -0.450. The van der Waals surface area contributed by atoms with Crippen molar-refractivity contribution in [1.82, 2.24) is 0 Å². The summed E-state index contributed by atoms with van der Waals surface area (Å²) in [4.78, 5) is 19.2. The second-order valence-corrected chi connectivity index (χ2v) is 13.0. The van der Waals surface area contributed by atoms with E-state index in [-0.39, 0.29) is 13.0 Å². The molecule has 0 heterocycles. The van der Waals surface area contributed by atoms with Crippen LogP contribution in [0.3, 0.4) is 0 Å². The molecule has 5 nitrogen and oxygen atoms in total. The maximum absolute atomic E-state index is 11.8. The van der Waals surface area contributed by atoms with Crippen LogP contribution in [0.15, 0.2) is 24.3 Å². The molecular weight excluding hydrogens is 445 g/mol. The molecule has 0 aliphatic rings. The zero-order valence-electron chi connectivity index (χ0n) is 22.9. The van der Waals surface area contributed by atoms with Gasteiger partial charge in [-0.15, -0.1) is 0 Å². The number of hydrogen-bond donors (Lipinski definition) is 3. The Labute approximate surface area is 211 Å². The van der Waals surface area contributed by atoms with E-state index in [2.05, 4.69) is 31.2 Å². The third kappa shape index (κ3) is 19.8. The van der Waals surface area contributed by atoms with Gasteiger partial charge in [0.25, 0.3) is 0 Å². The highest BCUT2D eigenvalue weighted by atomic mass is 31.2. The van der Waals surface area contributed by atoms with Crippen molar-refractivity contribution in [3.63, 3.8) is 0 Å². The van der Waals surface area contributed by atoms with E-state index in [0.717, 1.165) is 19.3 Å². The summed E-state index contributed by atoms with van der Waals surface area (Å²) in [5.74, 6) is 0. The fourth-order valence-electron chi connectivity index (χ4n) is 4.38. The highest BCUT2D eigenvalue weighted by Gasteiger charge is 2.48. The van der Waals surface area contributed by atoms with Crippen LogP contribution < -0.4 is 0 Å². The molecule has 34 heavy (non-hydrogen) atoms. The number of quaternary nitrogens is 1. The Morgan fingerprint density at radius 1 is 0.647 bits per heavy atom. The minimum atomic E-state index is -4.55. The van der Waals surface area contributed by atoms with Crippen LogP contribution in [0.2, 0.25) is 0 Å². The first-order valence-corrected chi connectivity index (χ1v) is 15.5. The van der Waals surface area contributed by atoms with Gasteiger partial charge in [0, 0.05) is 0 Å². The van der Waals surface area contributed by atoms with Crippen LogP contribution in [0.4, 0.5) is 0 Å². The molecule has 1 atom stereocenters. The molecule has 6 heteroatoms. The molecule has 0 rings (SSSR count). The molecule has 0 saturated heterocycles. The average molecular weight is 503 g/mol. The van der Waals surface area contributed by atoms with E-state index in [1.54, 1.807) is 0 Å². The van der Waals surface area contributed by atoms with E-state index in [4.69, 9.17) is 0 Å². The van der Waals surface area contributed by atoms with Crippen molar-refractivity contribution in [2.45, 2.75) is 128 Å². The van der Waals surface area contributed by atoms with E-state index in [1.165, 1.54) is 83.5 Å². The standard InChI is InChI=1S/C28H56NO4P/c1-5-6-7-8-9-10-11-12-13-14-15-16-17-18-19-20-21-22-23-24-25-26-28(30,34(31,32)33)27-29(2,3)4/h6-7,13-14,30H,5,8-12,15-27H2,1-4H3,(H-,31,32,33)/p+1/b7-6-,14-13-. The summed E-state index contributed by atoms with van der Waals surface area (Å²) in [5, 5.41) is 8.65. The Balaban J connectivity index is 3.56. The lowest BCUT2D eigenvalue weighted by Crippen LogP contribution is -2.49. The van der Waals surface area contributed by atoms with Crippen LogP contribution in [0.25, 0.3) is 0 Å². The van der Waals surface area contributed by atoms with Gasteiger partial charge in [0.15, 0.2) is 0 Å². The van der Waals surface area contributed by atoms with Crippen molar-refractivity contribution >= 4 is 7.60 Å². The topological polar surface area (TPSA) is 77.8 Å². The van der Waals surface area contributed by atoms with Crippen LogP contribution in [0.5, 0.6) is 0 Å². The van der Waals surface area contributed by atoms with E-state index in [0.29, 0.717) is 10.9 Å². The second-order valence-electron chi connectivity index (χ2n) is 11.0. The summed E-state index contributed by atoms with van der Waals surface area (Å²) in [5.41, 5.74) is 0. The van der Waals surface area contributed by atoms with E-state index in [1.807, 2.05) is 21.1 Å². The first-order chi connectivity index (χ1) is 16.0. The Kier molecular flexibility index (Phi) is 19.4. The molecule has 0 aromatic heterocycles. The second kappa shape index (κ2) is 19.7. The molecule has 0 spiro atoms. The quantitative estimate of drug-likeness (QED) is 0.0578. The lowest BCUT2D eigenvalue weighted by atomic mass is 10.0. The highest BCUT2D eigenvalue weighted by molar-refractivity contribution is 7.53. The molecule has 0 aromatic carbocycles. The molecular formula is C28H57NO4P+. The zero-order chi connectivity index (χ0) is 25.8. The first-order valence-electron chi connectivity index (χ1n) is 13.9. The fraction of sp³-hybridized carbons (Fsp3) is 0.857. The van der Waals surface area contributed by atoms with E-state index in [9.17, 15) is 19.5 Å². The number of nitrogens with zero attached hydrogens (tertiary/aromatic N) is 1. The number of likely N-dealkylation sites (N-methyl/N-ethyl adjacent to an activating group) is 1. The molecule has 0 aliphatic carbocycles. The van der Waals surface area contributed by atoms with Gasteiger partial charge in [-0.3, -0.25) is 4.57 Å². The minimum absolute atomic E-state index is 0.0598. The smallest absolute Gasteiger partial charge is 0.362 e. The van der Waals surface area contributed by atoms with Crippen LogP contribution in [0, 0.1) is 0 Å². The predicted octanol–water partition coefficient (Wildman–Crippen LogP) is 7.71. The first kappa shape index (κ1) is 33.5. The summed E-state index contributed by atoms with van der Waals surface area (Å²) in [7, 11) is 0.976. The summed E-state index contributed by atoms with van der Waals surface area (Å²) in [6, 6.07) is 0. The van der Waals surface area contributed by atoms with Gasteiger partial charge in [0.2, 0.25) is 5.34 Å². The van der Waals surface area contributed by atoms with Crippen LogP contribution in [-0.4, -0.2) is 52.4 Å². The van der Waals surface area contributed by atoms with Gasteiger partial charge in [0.1, 0.15) is 6.54 Å². The normalized spacial score (nSPS) is 14.9. The Morgan fingerprint density at radius 2 is 1.00 bits per heavy atom. The predicted molar refractivity (Wildman–Crippen MR) is 147 cm³/mol. The maximum atomic E-state index is 11.8. The summed E-state index contributed by atoms with van der Waals surface area (Å²) >= 11 is 0. The fourth-order valence-corrected chi connectivity index (χ4v) is 5.44. The van der Waals surface area contributed by atoms with Gasteiger partial charge in [-0.2, -0.15) is 0 Å². The van der Waals surface area contributed by atoms with Crippen molar-refractivity contribution in [1.29, 1.82) is 0 Å².